The number of anilines is 2. The number of amides is 1. The van der Waals surface area contributed by atoms with E-state index < -0.39 is 17.7 Å². The van der Waals surface area contributed by atoms with E-state index in [4.69, 9.17) is 14.2 Å². The Morgan fingerprint density at radius 2 is 1.82 bits per heavy atom. The average Bonchev–Trinajstić information content (AvgIpc) is 3.23. The minimum Gasteiger partial charge on any atom is -0.507 e. The Morgan fingerprint density at radius 3 is 2.54 bits per heavy atom. The van der Waals surface area contributed by atoms with Gasteiger partial charge in [-0.05, 0) is 53.6 Å². The molecule has 1 unspecified atom stereocenters. The average molecular weight is 529 g/mol. The molecule has 0 radical (unpaired) electrons. The number of ether oxygens (including phenoxy) is 3. The maximum Gasteiger partial charge on any atom is 0.309 e. The highest BCUT2D eigenvalue weighted by molar-refractivity contribution is 6.51. The number of rotatable bonds is 6. The molecule has 1 N–H and O–H groups in total. The Labute approximate surface area is 225 Å². The van der Waals surface area contributed by atoms with Crippen LogP contribution < -0.4 is 19.3 Å². The van der Waals surface area contributed by atoms with Gasteiger partial charge in [-0.1, -0.05) is 24.3 Å². The SMILES string of the molecule is COC(=O)Cc1ccc(N2C(=O)C(=O)/C(=C(\O)c3ccc4c(c3)N(C)CCO4)C2c2cccc(OC)c2)cc1. The van der Waals surface area contributed by atoms with E-state index in [1.807, 2.05) is 11.9 Å². The van der Waals surface area contributed by atoms with E-state index in [0.717, 1.165) is 5.69 Å². The molecule has 1 fully saturated rings. The highest BCUT2D eigenvalue weighted by Gasteiger charge is 2.47. The van der Waals surface area contributed by atoms with Gasteiger partial charge in [0.25, 0.3) is 11.7 Å². The number of benzene rings is 3. The summed E-state index contributed by atoms with van der Waals surface area (Å²) in [6.45, 7) is 1.23. The van der Waals surface area contributed by atoms with E-state index in [9.17, 15) is 19.5 Å². The smallest absolute Gasteiger partial charge is 0.309 e. The van der Waals surface area contributed by atoms with Crippen LogP contribution in [0.5, 0.6) is 11.5 Å². The number of methoxy groups -OCH3 is 2. The van der Waals surface area contributed by atoms with Crippen molar-refractivity contribution < 1.29 is 33.7 Å². The van der Waals surface area contributed by atoms with Crippen molar-refractivity contribution in [2.75, 3.05) is 44.2 Å². The summed E-state index contributed by atoms with van der Waals surface area (Å²) < 4.78 is 15.8. The lowest BCUT2D eigenvalue weighted by atomic mass is 9.94. The first-order chi connectivity index (χ1) is 18.8. The van der Waals surface area contributed by atoms with Gasteiger partial charge in [-0.2, -0.15) is 0 Å². The second-order valence-corrected chi connectivity index (χ2v) is 9.32. The molecular weight excluding hydrogens is 500 g/mol. The summed E-state index contributed by atoms with van der Waals surface area (Å²) in [4.78, 5) is 42.0. The van der Waals surface area contributed by atoms with Crippen LogP contribution in [0.3, 0.4) is 0 Å². The Hall–Kier alpha value is -4.79. The van der Waals surface area contributed by atoms with Crippen LogP contribution in [0.25, 0.3) is 5.76 Å². The summed E-state index contributed by atoms with van der Waals surface area (Å²) >= 11 is 0. The zero-order chi connectivity index (χ0) is 27.7. The summed E-state index contributed by atoms with van der Waals surface area (Å²) in [5.41, 5.74) is 2.86. The Bertz CT molecular complexity index is 1480. The van der Waals surface area contributed by atoms with E-state index in [-0.39, 0.29) is 23.7 Å². The molecule has 9 heteroatoms. The number of hydrogen-bond acceptors (Lipinski definition) is 8. The zero-order valence-electron chi connectivity index (χ0n) is 21.8. The summed E-state index contributed by atoms with van der Waals surface area (Å²) in [7, 11) is 4.77. The fourth-order valence-corrected chi connectivity index (χ4v) is 4.89. The molecule has 3 aromatic rings. The van der Waals surface area contributed by atoms with Crippen LogP contribution in [0.4, 0.5) is 11.4 Å². The van der Waals surface area contributed by atoms with Gasteiger partial charge in [0.2, 0.25) is 0 Å². The molecule has 0 spiro atoms. The number of nitrogens with zero attached hydrogens (tertiary/aromatic N) is 2. The number of hydrogen-bond donors (Lipinski definition) is 1. The van der Waals surface area contributed by atoms with Crippen molar-refractivity contribution >= 4 is 34.8 Å². The molecule has 3 aromatic carbocycles. The topological polar surface area (TPSA) is 106 Å². The number of carbonyl (C=O) groups is 3. The number of Topliss-reactive ketones (excluding diaryl/α,β-unsaturated/α-hetero) is 1. The van der Waals surface area contributed by atoms with Crippen molar-refractivity contribution in [3.63, 3.8) is 0 Å². The summed E-state index contributed by atoms with van der Waals surface area (Å²) in [5, 5.41) is 11.5. The first kappa shape index (κ1) is 25.8. The number of ketones is 1. The maximum atomic E-state index is 13.5. The molecule has 2 aliphatic heterocycles. The molecule has 1 atom stereocenters. The van der Waals surface area contributed by atoms with E-state index in [0.29, 0.717) is 47.0 Å². The van der Waals surface area contributed by atoms with Crippen LogP contribution in [0.1, 0.15) is 22.7 Å². The van der Waals surface area contributed by atoms with Gasteiger partial charge in [0.05, 0.1) is 44.5 Å². The number of aliphatic hydroxyl groups excluding tert-OH is 1. The van der Waals surface area contributed by atoms with E-state index in [1.54, 1.807) is 66.7 Å². The fraction of sp³-hybridized carbons (Fsp3) is 0.233. The summed E-state index contributed by atoms with van der Waals surface area (Å²) in [6.07, 6.45) is 0.0748. The Morgan fingerprint density at radius 1 is 1.05 bits per heavy atom. The fourth-order valence-electron chi connectivity index (χ4n) is 4.89. The van der Waals surface area contributed by atoms with Gasteiger partial charge in [-0.3, -0.25) is 19.3 Å². The molecule has 39 heavy (non-hydrogen) atoms. The lowest BCUT2D eigenvalue weighted by Gasteiger charge is -2.28. The van der Waals surface area contributed by atoms with E-state index in [1.165, 1.54) is 19.1 Å². The molecule has 0 bridgehead atoms. The highest BCUT2D eigenvalue weighted by Crippen LogP contribution is 2.44. The van der Waals surface area contributed by atoms with E-state index in [2.05, 4.69) is 0 Å². The molecular formula is C30H28N2O7. The normalized spacial score (nSPS) is 18.0. The van der Waals surface area contributed by atoms with Gasteiger partial charge in [0, 0.05) is 18.3 Å². The largest absolute Gasteiger partial charge is 0.507 e. The summed E-state index contributed by atoms with van der Waals surface area (Å²) in [6, 6.07) is 18.0. The summed E-state index contributed by atoms with van der Waals surface area (Å²) in [5.74, 6) is -1.03. The number of carbonyl (C=O) groups excluding carboxylic acids is 3. The van der Waals surface area contributed by atoms with Crippen LogP contribution in [0.2, 0.25) is 0 Å². The van der Waals surface area contributed by atoms with Gasteiger partial charge in [0.15, 0.2) is 0 Å². The third-order valence-corrected chi connectivity index (χ3v) is 6.97. The third kappa shape index (κ3) is 4.79. The number of likely N-dealkylation sites (N-methyl/N-ethyl adjacent to an activating group) is 1. The highest BCUT2D eigenvalue weighted by atomic mass is 16.5. The molecule has 200 valence electrons. The lowest BCUT2D eigenvalue weighted by Crippen LogP contribution is -2.29. The van der Waals surface area contributed by atoms with Crippen molar-refractivity contribution in [3.8, 4) is 11.5 Å². The molecule has 0 aromatic heterocycles. The van der Waals surface area contributed by atoms with Gasteiger partial charge < -0.3 is 24.2 Å². The van der Waals surface area contributed by atoms with Crippen molar-refractivity contribution in [1.29, 1.82) is 0 Å². The standard InChI is InChI=1S/C30H28N2O7/c1-31-13-14-39-24-12-9-20(17-23(24)31)28(34)26-27(19-5-4-6-22(16-19)37-2)32(30(36)29(26)35)21-10-7-18(8-11-21)15-25(33)38-3/h4-12,16-17,27,34H,13-15H2,1-3H3/b28-26-. The quantitative estimate of drug-likeness (QED) is 0.223. The van der Waals surface area contributed by atoms with Crippen LogP contribution in [0.15, 0.2) is 72.3 Å². The van der Waals surface area contributed by atoms with Crippen LogP contribution in [-0.2, 0) is 25.5 Å². The van der Waals surface area contributed by atoms with Crippen LogP contribution in [-0.4, -0.2) is 57.2 Å². The molecule has 0 aliphatic carbocycles. The molecule has 2 heterocycles. The molecule has 1 amide bonds. The predicted octanol–water partition coefficient (Wildman–Crippen LogP) is 3.87. The van der Waals surface area contributed by atoms with Crippen molar-refractivity contribution in [2.24, 2.45) is 0 Å². The van der Waals surface area contributed by atoms with Crippen LogP contribution in [0, 0.1) is 0 Å². The number of aliphatic hydroxyl groups is 1. The molecule has 0 saturated carbocycles. The van der Waals surface area contributed by atoms with Crippen molar-refractivity contribution in [2.45, 2.75) is 12.5 Å². The van der Waals surface area contributed by atoms with Crippen LogP contribution >= 0.6 is 0 Å². The molecule has 1 saturated heterocycles. The molecule has 9 nitrogen and oxygen atoms in total. The van der Waals surface area contributed by atoms with Crippen molar-refractivity contribution in [1.82, 2.24) is 0 Å². The molecule has 2 aliphatic rings. The number of esters is 1. The monoisotopic (exact) mass is 528 g/mol. The van der Waals surface area contributed by atoms with Gasteiger partial charge in [0.1, 0.15) is 23.9 Å². The minimum absolute atomic E-state index is 0.0359. The van der Waals surface area contributed by atoms with E-state index >= 15 is 0 Å². The Kier molecular flexibility index (Phi) is 6.98. The first-order valence-electron chi connectivity index (χ1n) is 12.4. The number of fused-ring (bicyclic) bond motifs is 1. The maximum absolute atomic E-state index is 13.5. The zero-order valence-corrected chi connectivity index (χ0v) is 21.8. The minimum atomic E-state index is -0.920. The van der Waals surface area contributed by atoms with Crippen molar-refractivity contribution in [3.05, 3.63) is 89.0 Å². The van der Waals surface area contributed by atoms with Gasteiger partial charge in [-0.15, -0.1) is 0 Å². The first-order valence-corrected chi connectivity index (χ1v) is 12.4. The lowest BCUT2D eigenvalue weighted by molar-refractivity contribution is -0.139. The second kappa shape index (κ2) is 10.5. The van der Waals surface area contributed by atoms with Gasteiger partial charge in [-0.25, -0.2) is 0 Å². The third-order valence-electron chi connectivity index (χ3n) is 6.97. The second-order valence-electron chi connectivity index (χ2n) is 9.32. The predicted molar refractivity (Wildman–Crippen MR) is 145 cm³/mol. The Balaban J connectivity index is 1.64. The van der Waals surface area contributed by atoms with Gasteiger partial charge >= 0.3 is 5.97 Å². The molecule has 5 rings (SSSR count).